The molecule has 3 aromatic rings. The molecular weight excluding hydrogens is 366 g/mol. The molecule has 1 aliphatic heterocycles. The zero-order chi connectivity index (χ0) is 19.5. The summed E-state index contributed by atoms with van der Waals surface area (Å²) < 4.78 is 35.5. The van der Waals surface area contributed by atoms with Crippen LogP contribution in [0.15, 0.2) is 42.5 Å². The molecule has 1 saturated carbocycles. The number of amides is 1. The number of benzene rings is 2. The number of H-pyrrole nitrogens is 1. The summed E-state index contributed by atoms with van der Waals surface area (Å²) in [5.41, 5.74) is 2.79. The van der Waals surface area contributed by atoms with Crippen LogP contribution in [0.2, 0.25) is 0 Å². The molecule has 146 valence electrons. The van der Waals surface area contributed by atoms with Crippen molar-refractivity contribution in [1.82, 2.24) is 4.98 Å². The van der Waals surface area contributed by atoms with Gasteiger partial charge in [0, 0.05) is 23.7 Å². The highest BCUT2D eigenvalue weighted by Crippen LogP contribution is 2.52. The molecule has 0 radical (unpaired) electrons. The van der Waals surface area contributed by atoms with Gasteiger partial charge in [-0.25, -0.2) is 0 Å². The Morgan fingerprint density at radius 3 is 2.68 bits per heavy atom. The smallest absolute Gasteiger partial charge is 0.395 e. The Morgan fingerprint density at radius 1 is 1.14 bits per heavy atom. The van der Waals surface area contributed by atoms with Crippen LogP contribution in [0.5, 0.6) is 11.5 Å². The number of carbonyl (C=O) groups excluding carboxylic acids is 1. The van der Waals surface area contributed by atoms with Gasteiger partial charge < -0.3 is 19.8 Å². The van der Waals surface area contributed by atoms with Crippen molar-refractivity contribution in [2.24, 2.45) is 0 Å². The maximum atomic E-state index is 13.3. The van der Waals surface area contributed by atoms with Crippen molar-refractivity contribution in [3.8, 4) is 11.5 Å². The van der Waals surface area contributed by atoms with E-state index in [1.807, 2.05) is 18.2 Å². The molecule has 2 N–H and O–H groups in total. The van der Waals surface area contributed by atoms with Crippen LogP contribution in [0.1, 0.15) is 32.4 Å². The monoisotopic (exact) mass is 386 g/mol. The van der Waals surface area contributed by atoms with Crippen LogP contribution >= 0.6 is 0 Å². The molecular formula is C21H20F2N2O3. The lowest BCUT2D eigenvalue weighted by Gasteiger charge is -2.16. The molecule has 2 heterocycles. The average Bonchev–Trinajstić information content (AvgIpc) is 3.26. The normalized spacial score (nSPS) is 18.2. The van der Waals surface area contributed by atoms with E-state index in [4.69, 9.17) is 0 Å². The molecule has 1 aromatic heterocycles. The van der Waals surface area contributed by atoms with Crippen LogP contribution in [-0.2, 0) is 16.6 Å². The topological polar surface area (TPSA) is 63.4 Å². The summed E-state index contributed by atoms with van der Waals surface area (Å²) in [6.07, 6.45) is -1.45. The van der Waals surface area contributed by atoms with E-state index in [1.54, 1.807) is 6.07 Å². The van der Waals surface area contributed by atoms with Crippen molar-refractivity contribution >= 4 is 22.5 Å². The number of nitrogens with one attached hydrogen (secondary N) is 2. The molecule has 0 bridgehead atoms. The average molecular weight is 386 g/mol. The third-order valence-electron chi connectivity index (χ3n) is 5.45. The van der Waals surface area contributed by atoms with E-state index in [-0.39, 0.29) is 18.8 Å². The predicted molar refractivity (Wildman–Crippen MR) is 102 cm³/mol. The summed E-state index contributed by atoms with van der Waals surface area (Å²) in [5.74, 6) is -0.208. The first-order valence-corrected chi connectivity index (χ1v) is 9.22. The minimum absolute atomic E-state index is 0. The van der Waals surface area contributed by atoms with E-state index < -0.39 is 11.7 Å². The Kier molecular flexibility index (Phi) is 3.47. The number of hydrogen-bond acceptors (Lipinski definition) is 3. The largest absolute Gasteiger partial charge is 0.586 e. The number of hydrogen-bond donors (Lipinski definition) is 2. The first kappa shape index (κ1) is 17.0. The molecule has 1 aliphatic carbocycles. The van der Waals surface area contributed by atoms with Crippen molar-refractivity contribution in [1.29, 1.82) is 0 Å². The highest BCUT2D eigenvalue weighted by atomic mass is 19.3. The SMILES string of the molecule is CCc1cc2cc(NC(=O)C3(c4ccc5c(c4)OC(F)(F)O5)CC3)ccc2[nH]1.[HH]. The van der Waals surface area contributed by atoms with Crippen molar-refractivity contribution in [2.75, 3.05) is 5.32 Å². The second kappa shape index (κ2) is 5.70. The maximum Gasteiger partial charge on any atom is 0.586 e. The van der Waals surface area contributed by atoms with E-state index in [9.17, 15) is 13.6 Å². The van der Waals surface area contributed by atoms with Gasteiger partial charge in [-0.1, -0.05) is 13.0 Å². The standard InChI is InChI=1S/C21H18F2N2O3.H2/c1-2-14-9-12-10-15(4-5-16(12)24-14)25-19(26)20(7-8-20)13-3-6-17-18(11-13)28-21(22,23)27-17;/h3-6,9-11,24H,2,7-8H2,1H3,(H,25,26);1H. The molecule has 5 nitrogen and oxygen atoms in total. The molecule has 5 rings (SSSR count). The third-order valence-corrected chi connectivity index (χ3v) is 5.45. The lowest BCUT2D eigenvalue weighted by molar-refractivity contribution is -0.286. The Labute approximate surface area is 161 Å². The lowest BCUT2D eigenvalue weighted by atomic mass is 9.94. The minimum Gasteiger partial charge on any atom is -0.395 e. The van der Waals surface area contributed by atoms with Crippen LogP contribution in [-0.4, -0.2) is 17.2 Å². The zero-order valence-corrected chi connectivity index (χ0v) is 15.1. The number of fused-ring (bicyclic) bond motifs is 2. The van der Waals surface area contributed by atoms with Gasteiger partial charge in [0.15, 0.2) is 11.5 Å². The van der Waals surface area contributed by atoms with E-state index in [0.717, 1.165) is 23.0 Å². The Bertz CT molecular complexity index is 1110. The lowest BCUT2D eigenvalue weighted by Crippen LogP contribution is -2.27. The van der Waals surface area contributed by atoms with E-state index in [1.165, 1.54) is 12.1 Å². The first-order valence-electron chi connectivity index (χ1n) is 9.22. The molecule has 7 heteroatoms. The van der Waals surface area contributed by atoms with E-state index >= 15 is 0 Å². The predicted octanol–water partition coefficient (Wildman–Crippen LogP) is 4.97. The van der Waals surface area contributed by atoms with Gasteiger partial charge >= 0.3 is 6.29 Å². The van der Waals surface area contributed by atoms with Gasteiger partial charge in [-0.2, -0.15) is 0 Å². The van der Waals surface area contributed by atoms with Crippen molar-refractivity contribution in [3.63, 3.8) is 0 Å². The Morgan fingerprint density at radius 2 is 1.93 bits per heavy atom. The Hall–Kier alpha value is -3.09. The van der Waals surface area contributed by atoms with Crippen LogP contribution in [0.25, 0.3) is 10.9 Å². The molecule has 1 amide bonds. The molecule has 0 unspecified atom stereocenters. The summed E-state index contributed by atoms with van der Waals surface area (Å²) in [5, 5.41) is 4.01. The number of anilines is 1. The van der Waals surface area contributed by atoms with E-state index in [2.05, 4.69) is 32.8 Å². The third kappa shape index (κ3) is 2.69. The number of aromatic nitrogens is 1. The molecule has 0 spiro atoms. The highest BCUT2D eigenvalue weighted by Gasteiger charge is 2.52. The molecule has 0 atom stereocenters. The number of aromatic amines is 1. The molecule has 2 aliphatic rings. The van der Waals surface area contributed by atoms with Gasteiger partial charge in [0.05, 0.1) is 5.41 Å². The number of rotatable bonds is 4. The van der Waals surface area contributed by atoms with Crippen LogP contribution in [0.3, 0.4) is 0 Å². The van der Waals surface area contributed by atoms with Gasteiger partial charge in [0.1, 0.15) is 0 Å². The van der Waals surface area contributed by atoms with Gasteiger partial charge in [0.25, 0.3) is 0 Å². The quantitative estimate of drug-likeness (QED) is 0.666. The van der Waals surface area contributed by atoms with Crippen molar-refractivity contribution in [3.05, 3.63) is 53.7 Å². The molecule has 0 saturated heterocycles. The molecule has 2 aromatic carbocycles. The Balaban J connectivity index is 0.00000205. The van der Waals surface area contributed by atoms with Crippen LogP contribution in [0, 0.1) is 0 Å². The molecule has 1 fully saturated rings. The van der Waals surface area contributed by atoms with Crippen molar-refractivity contribution < 1.29 is 24.5 Å². The van der Waals surface area contributed by atoms with Gasteiger partial charge in [0.2, 0.25) is 5.91 Å². The van der Waals surface area contributed by atoms with Gasteiger partial charge in [-0.15, -0.1) is 8.78 Å². The second-order valence-electron chi connectivity index (χ2n) is 7.32. The summed E-state index contributed by atoms with van der Waals surface area (Å²) >= 11 is 0. The van der Waals surface area contributed by atoms with Crippen molar-refractivity contribution in [2.45, 2.75) is 37.9 Å². The summed E-state index contributed by atoms with van der Waals surface area (Å²) in [4.78, 5) is 16.3. The fourth-order valence-corrected chi connectivity index (χ4v) is 3.73. The fraction of sp³-hybridized carbons (Fsp3) is 0.286. The minimum atomic E-state index is -3.66. The summed E-state index contributed by atoms with van der Waals surface area (Å²) in [6.45, 7) is 2.07. The number of aryl methyl sites for hydroxylation is 1. The highest BCUT2D eigenvalue weighted by molar-refractivity contribution is 6.02. The fourth-order valence-electron chi connectivity index (χ4n) is 3.73. The first-order chi connectivity index (χ1) is 13.4. The van der Waals surface area contributed by atoms with Crippen LogP contribution < -0.4 is 14.8 Å². The second-order valence-corrected chi connectivity index (χ2v) is 7.32. The van der Waals surface area contributed by atoms with Gasteiger partial charge in [-0.3, -0.25) is 4.79 Å². The maximum absolute atomic E-state index is 13.3. The number of carbonyl (C=O) groups is 1. The zero-order valence-electron chi connectivity index (χ0n) is 15.1. The van der Waals surface area contributed by atoms with Crippen LogP contribution in [0.4, 0.5) is 14.5 Å². The van der Waals surface area contributed by atoms with Gasteiger partial charge in [-0.05, 0) is 61.2 Å². The summed E-state index contributed by atoms with van der Waals surface area (Å²) in [6, 6.07) is 12.3. The number of halogens is 2. The summed E-state index contributed by atoms with van der Waals surface area (Å²) in [7, 11) is 0. The number of alkyl halides is 2. The van der Waals surface area contributed by atoms with E-state index in [0.29, 0.717) is 24.1 Å². The molecule has 28 heavy (non-hydrogen) atoms. The number of ether oxygens (including phenoxy) is 2.